The highest BCUT2D eigenvalue weighted by atomic mass is 16.6. The number of hydrogen-bond acceptors (Lipinski definition) is 5. The van der Waals surface area contributed by atoms with Crippen LogP contribution >= 0.6 is 0 Å². The molecule has 0 spiro atoms. The van der Waals surface area contributed by atoms with Crippen molar-refractivity contribution in [2.45, 2.75) is 26.3 Å². The van der Waals surface area contributed by atoms with Crippen molar-refractivity contribution in [3.8, 4) is 11.5 Å². The fourth-order valence-corrected chi connectivity index (χ4v) is 2.45. The number of fused-ring (bicyclic) bond motifs is 1. The maximum Gasteiger partial charge on any atom is 0.161 e. The number of rotatable bonds is 10. The molecule has 2 rings (SSSR count). The van der Waals surface area contributed by atoms with Crippen molar-refractivity contribution in [1.82, 2.24) is 4.90 Å². The summed E-state index contributed by atoms with van der Waals surface area (Å²) in [6.45, 7) is 7.63. The molecule has 0 saturated heterocycles. The van der Waals surface area contributed by atoms with Crippen LogP contribution < -0.4 is 9.47 Å². The van der Waals surface area contributed by atoms with Crippen molar-refractivity contribution in [3.63, 3.8) is 0 Å². The van der Waals surface area contributed by atoms with Gasteiger partial charge in [-0.25, -0.2) is 0 Å². The lowest BCUT2D eigenvalue weighted by molar-refractivity contribution is 0.0983. The molecule has 1 heterocycles. The number of benzene rings is 1. The zero-order valence-corrected chi connectivity index (χ0v) is 13.4. The van der Waals surface area contributed by atoms with Gasteiger partial charge in [0.2, 0.25) is 0 Å². The van der Waals surface area contributed by atoms with Gasteiger partial charge in [0, 0.05) is 32.8 Å². The quantitative estimate of drug-likeness (QED) is 0.671. The number of hydrogen-bond donors (Lipinski definition) is 1. The van der Waals surface area contributed by atoms with Gasteiger partial charge < -0.3 is 19.3 Å². The van der Waals surface area contributed by atoms with Gasteiger partial charge in [-0.2, -0.15) is 0 Å². The Balaban J connectivity index is 1.90. The van der Waals surface area contributed by atoms with Crippen molar-refractivity contribution in [3.05, 3.63) is 23.8 Å². The van der Waals surface area contributed by atoms with E-state index < -0.39 is 0 Å². The molecule has 0 unspecified atom stereocenters. The summed E-state index contributed by atoms with van der Waals surface area (Å²) in [4.78, 5) is 2.30. The second-order valence-electron chi connectivity index (χ2n) is 5.44. The van der Waals surface area contributed by atoms with Gasteiger partial charge in [-0.15, -0.1) is 0 Å². The summed E-state index contributed by atoms with van der Waals surface area (Å²) in [7, 11) is 0. The highest BCUT2D eigenvalue weighted by Gasteiger charge is 2.13. The van der Waals surface area contributed by atoms with Gasteiger partial charge in [0.25, 0.3) is 0 Å². The predicted octanol–water partition coefficient (Wildman–Crippen LogP) is 2.07. The second-order valence-corrected chi connectivity index (χ2v) is 5.44. The zero-order valence-electron chi connectivity index (χ0n) is 13.4. The molecule has 1 aromatic rings. The monoisotopic (exact) mass is 309 g/mol. The van der Waals surface area contributed by atoms with Crippen molar-refractivity contribution < 1.29 is 19.3 Å². The Morgan fingerprint density at radius 1 is 1.14 bits per heavy atom. The maximum atomic E-state index is 9.05. The highest BCUT2D eigenvalue weighted by molar-refractivity contribution is 5.43. The molecule has 5 nitrogen and oxygen atoms in total. The number of nitrogens with zero attached hydrogens (tertiary/aromatic N) is 1. The van der Waals surface area contributed by atoms with Crippen LogP contribution in [0.5, 0.6) is 11.5 Å². The fraction of sp³-hybridized carbons (Fsp3) is 0.647. The molecule has 0 bridgehead atoms. The van der Waals surface area contributed by atoms with Crippen molar-refractivity contribution in [2.75, 3.05) is 46.1 Å². The smallest absolute Gasteiger partial charge is 0.161 e. The molecule has 1 aromatic carbocycles. The molecule has 1 aliphatic rings. The fourth-order valence-electron chi connectivity index (χ4n) is 2.45. The SMILES string of the molecule is CCCOCCN(CCCO)Cc1ccc2c(c1)OCCO2. The van der Waals surface area contributed by atoms with Gasteiger partial charge in [-0.1, -0.05) is 13.0 Å². The van der Waals surface area contributed by atoms with Gasteiger partial charge in [-0.3, -0.25) is 4.90 Å². The molecule has 124 valence electrons. The summed E-state index contributed by atoms with van der Waals surface area (Å²) in [5, 5.41) is 9.05. The van der Waals surface area contributed by atoms with Gasteiger partial charge in [0.1, 0.15) is 13.2 Å². The Morgan fingerprint density at radius 2 is 1.95 bits per heavy atom. The Kier molecular flexibility index (Phi) is 7.49. The Bertz CT molecular complexity index is 439. The first-order chi connectivity index (χ1) is 10.8. The van der Waals surface area contributed by atoms with E-state index in [0.29, 0.717) is 13.2 Å². The normalized spacial score (nSPS) is 13.6. The molecule has 0 saturated carbocycles. The zero-order chi connectivity index (χ0) is 15.6. The van der Waals surface area contributed by atoms with E-state index in [0.717, 1.165) is 57.2 Å². The maximum absolute atomic E-state index is 9.05. The highest BCUT2D eigenvalue weighted by Crippen LogP contribution is 2.31. The summed E-state index contributed by atoms with van der Waals surface area (Å²) < 4.78 is 16.8. The van der Waals surface area contributed by atoms with Crippen LogP contribution in [0.2, 0.25) is 0 Å². The first-order valence-electron chi connectivity index (χ1n) is 8.13. The van der Waals surface area contributed by atoms with E-state index in [-0.39, 0.29) is 6.61 Å². The predicted molar refractivity (Wildman–Crippen MR) is 85.5 cm³/mol. The molecule has 22 heavy (non-hydrogen) atoms. The summed E-state index contributed by atoms with van der Waals surface area (Å²) in [5.41, 5.74) is 1.19. The van der Waals surface area contributed by atoms with Crippen LogP contribution in [0.1, 0.15) is 25.3 Å². The summed E-state index contributed by atoms with van der Waals surface area (Å²) in [6.07, 6.45) is 1.82. The molecule has 0 fully saturated rings. The molecule has 1 aliphatic heterocycles. The van der Waals surface area contributed by atoms with Crippen LogP contribution in [0.3, 0.4) is 0 Å². The molecule has 0 atom stereocenters. The first kappa shape index (κ1) is 17.1. The van der Waals surface area contributed by atoms with E-state index >= 15 is 0 Å². The van der Waals surface area contributed by atoms with Crippen molar-refractivity contribution >= 4 is 0 Å². The standard InChI is InChI=1S/C17H27NO4/c1-2-9-20-10-7-18(6-3-8-19)14-15-4-5-16-17(13-15)22-12-11-21-16/h4-5,13,19H,2-3,6-12,14H2,1H3. The lowest BCUT2D eigenvalue weighted by atomic mass is 10.1. The Labute approximate surface area is 132 Å². The summed E-state index contributed by atoms with van der Waals surface area (Å²) in [6, 6.07) is 6.10. The van der Waals surface area contributed by atoms with E-state index in [1.54, 1.807) is 0 Å². The van der Waals surface area contributed by atoms with Gasteiger partial charge >= 0.3 is 0 Å². The van der Waals surface area contributed by atoms with Crippen LogP contribution in [-0.2, 0) is 11.3 Å². The van der Waals surface area contributed by atoms with Crippen molar-refractivity contribution in [1.29, 1.82) is 0 Å². The molecule has 1 N–H and O–H groups in total. The molecule has 0 aliphatic carbocycles. The third kappa shape index (κ3) is 5.48. The molecule has 0 amide bonds. The topological polar surface area (TPSA) is 51.2 Å². The van der Waals surface area contributed by atoms with Crippen LogP contribution in [-0.4, -0.2) is 56.1 Å². The van der Waals surface area contributed by atoms with Crippen LogP contribution in [0.15, 0.2) is 18.2 Å². The Morgan fingerprint density at radius 3 is 2.73 bits per heavy atom. The van der Waals surface area contributed by atoms with Gasteiger partial charge in [-0.05, 0) is 30.5 Å². The van der Waals surface area contributed by atoms with E-state index in [1.807, 2.05) is 12.1 Å². The van der Waals surface area contributed by atoms with Gasteiger partial charge in [0.15, 0.2) is 11.5 Å². The third-order valence-electron chi connectivity index (χ3n) is 3.55. The van der Waals surface area contributed by atoms with E-state index in [2.05, 4.69) is 17.9 Å². The molecule has 0 radical (unpaired) electrons. The van der Waals surface area contributed by atoms with Crippen LogP contribution in [0.25, 0.3) is 0 Å². The molecule has 5 heteroatoms. The third-order valence-corrected chi connectivity index (χ3v) is 3.55. The summed E-state index contributed by atoms with van der Waals surface area (Å²) >= 11 is 0. The second kappa shape index (κ2) is 9.66. The Hall–Kier alpha value is -1.30. The molecule has 0 aromatic heterocycles. The van der Waals surface area contributed by atoms with E-state index in [1.165, 1.54) is 5.56 Å². The minimum Gasteiger partial charge on any atom is -0.486 e. The lowest BCUT2D eigenvalue weighted by Crippen LogP contribution is -2.29. The summed E-state index contributed by atoms with van der Waals surface area (Å²) in [5.74, 6) is 1.65. The van der Waals surface area contributed by atoms with E-state index in [4.69, 9.17) is 19.3 Å². The first-order valence-corrected chi connectivity index (χ1v) is 8.13. The average Bonchev–Trinajstić information content (AvgIpc) is 2.56. The van der Waals surface area contributed by atoms with Crippen LogP contribution in [0.4, 0.5) is 0 Å². The minimum atomic E-state index is 0.216. The average molecular weight is 309 g/mol. The largest absolute Gasteiger partial charge is 0.486 e. The van der Waals surface area contributed by atoms with Crippen LogP contribution in [0, 0.1) is 0 Å². The van der Waals surface area contributed by atoms with Crippen molar-refractivity contribution in [2.24, 2.45) is 0 Å². The number of aliphatic hydroxyl groups excluding tert-OH is 1. The lowest BCUT2D eigenvalue weighted by Gasteiger charge is -2.23. The minimum absolute atomic E-state index is 0.216. The number of aliphatic hydroxyl groups is 1. The van der Waals surface area contributed by atoms with Gasteiger partial charge in [0.05, 0.1) is 6.61 Å². The molecular formula is C17H27NO4. The van der Waals surface area contributed by atoms with E-state index in [9.17, 15) is 0 Å². The number of ether oxygens (including phenoxy) is 3. The molecular weight excluding hydrogens is 282 g/mol.